The van der Waals surface area contributed by atoms with E-state index in [4.69, 9.17) is 16.3 Å². The second-order valence-electron chi connectivity index (χ2n) is 7.67. The minimum atomic E-state index is -3.93. The number of rotatable bonds is 3. The Kier molecular flexibility index (Phi) is 5.80. The molecule has 10 heteroatoms. The number of halogens is 3. The highest BCUT2D eigenvalue weighted by Gasteiger charge is 2.51. The lowest BCUT2D eigenvalue weighted by Crippen LogP contribution is -2.55. The van der Waals surface area contributed by atoms with Crippen LogP contribution in [0.15, 0.2) is 41.3 Å². The SMILES string of the molecule is Cc1cc(S(=O)(=O)N2CCOC23CCN(C(=O)c2c(F)cccc2Cl)CC3)ccc1F. The normalized spacial score (nSPS) is 19.2. The van der Waals surface area contributed by atoms with Gasteiger partial charge in [0.2, 0.25) is 10.0 Å². The second-order valence-corrected chi connectivity index (χ2v) is 9.94. The molecule has 1 spiro atoms. The quantitative estimate of drug-likeness (QED) is 0.687. The summed E-state index contributed by atoms with van der Waals surface area (Å²) >= 11 is 6.01. The van der Waals surface area contributed by atoms with Gasteiger partial charge >= 0.3 is 0 Å². The van der Waals surface area contributed by atoms with Crippen molar-refractivity contribution >= 4 is 27.5 Å². The molecule has 0 aromatic heterocycles. The average molecular weight is 471 g/mol. The van der Waals surface area contributed by atoms with Gasteiger partial charge in [0.25, 0.3) is 5.91 Å². The molecule has 0 radical (unpaired) electrons. The zero-order valence-corrected chi connectivity index (χ0v) is 18.3. The Labute approximate surface area is 184 Å². The highest BCUT2D eigenvalue weighted by molar-refractivity contribution is 7.89. The van der Waals surface area contributed by atoms with Crippen LogP contribution in [-0.4, -0.2) is 55.5 Å². The average Bonchev–Trinajstić information content (AvgIpc) is 3.14. The van der Waals surface area contributed by atoms with Crippen molar-refractivity contribution in [2.24, 2.45) is 0 Å². The van der Waals surface area contributed by atoms with Crippen molar-refractivity contribution in [2.45, 2.75) is 30.4 Å². The summed E-state index contributed by atoms with van der Waals surface area (Å²) in [4.78, 5) is 14.2. The number of likely N-dealkylation sites (tertiary alicyclic amines) is 1. The first-order valence-electron chi connectivity index (χ1n) is 9.82. The second kappa shape index (κ2) is 8.12. The largest absolute Gasteiger partial charge is 0.358 e. The monoisotopic (exact) mass is 470 g/mol. The maximum Gasteiger partial charge on any atom is 0.258 e. The minimum absolute atomic E-state index is 0.00656. The topological polar surface area (TPSA) is 66.9 Å². The summed E-state index contributed by atoms with van der Waals surface area (Å²) in [7, 11) is -3.93. The van der Waals surface area contributed by atoms with E-state index in [1.165, 1.54) is 46.5 Å². The molecule has 4 rings (SSSR count). The Bertz CT molecular complexity index is 1110. The number of benzene rings is 2. The molecular weight excluding hydrogens is 450 g/mol. The van der Waals surface area contributed by atoms with Crippen LogP contribution in [0.25, 0.3) is 0 Å². The van der Waals surface area contributed by atoms with Gasteiger partial charge in [0, 0.05) is 32.5 Å². The predicted octanol–water partition coefficient (Wildman–Crippen LogP) is 3.58. The summed E-state index contributed by atoms with van der Waals surface area (Å²) < 4.78 is 61.5. The summed E-state index contributed by atoms with van der Waals surface area (Å²) in [5.74, 6) is -1.73. The van der Waals surface area contributed by atoms with Crippen LogP contribution in [0.3, 0.4) is 0 Å². The lowest BCUT2D eigenvalue weighted by Gasteiger charge is -2.42. The van der Waals surface area contributed by atoms with Gasteiger partial charge in [0.15, 0.2) is 0 Å². The lowest BCUT2D eigenvalue weighted by atomic mass is 10.00. The Morgan fingerprint density at radius 3 is 2.45 bits per heavy atom. The van der Waals surface area contributed by atoms with E-state index in [-0.39, 0.29) is 60.1 Å². The summed E-state index contributed by atoms with van der Waals surface area (Å²) in [6.07, 6.45) is 0.453. The Morgan fingerprint density at radius 2 is 1.81 bits per heavy atom. The number of nitrogens with zero attached hydrogens (tertiary/aromatic N) is 2. The van der Waals surface area contributed by atoms with Crippen molar-refractivity contribution in [3.05, 3.63) is 64.2 Å². The molecule has 2 fully saturated rings. The van der Waals surface area contributed by atoms with E-state index in [2.05, 4.69) is 0 Å². The van der Waals surface area contributed by atoms with Crippen LogP contribution >= 0.6 is 11.6 Å². The standard InChI is InChI=1S/C21H21ClF2N2O4S/c1-14-13-15(5-6-17(14)23)31(28,29)26-11-12-30-21(26)7-9-25(10-8-21)20(27)19-16(22)3-2-4-18(19)24/h2-6,13H,7-12H2,1H3. The number of carbonyl (C=O) groups is 1. The third-order valence-electron chi connectivity index (χ3n) is 5.85. The number of hydrogen-bond acceptors (Lipinski definition) is 4. The van der Waals surface area contributed by atoms with E-state index in [1.54, 1.807) is 0 Å². The molecule has 2 heterocycles. The van der Waals surface area contributed by atoms with Gasteiger partial charge in [-0.15, -0.1) is 0 Å². The smallest absolute Gasteiger partial charge is 0.258 e. The van der Waals surface area contributed by atoms with Crippen LogP contribution in [0.5, 0.6) is 0 Å². The minimum Gasteiger partial charge on any atom is -0.358 e. The van der Waals surface area contributed by atoms with E-state index in [0.29, 0.717) is 0 Å². The summed E-state index contributed by atoms with van der Waals surface area (Å²) in [5, 5.41) is 0.0262. The molecule has 0 atom stereocenters. The van der Waals surface area contributed by atoms with Crippen molar-refractivity contribution < 1.29 is 26.7 Å². The van der Waals surface area contributed by atoms with Gasteiger partial charge in [-0.25, -0.2) is 17.2 Å². The molecule has 2 aliphatic heterocycles. The Hall–Kier alpha value is -2.07. The Morgan fingerprint density at radius 1 is 1.10 bits per heavy atom. The van der Waals surface area contributed by atoms with Crippen molar-refractivity contribution in [1.29, 1.82) is 0 Å². The third kappa shape index (κ3) is 3.84. The molecule has 2 aromatic carbocycles. The molecule has 2 saturated heterocycles. The molecule has 0 N–H and O–H groups in total. The zero-order chi connectivity index (χ0) is 22.4. The van der Waals surface area contributed by atoms with Crippen LogP contribution in [0.4, 0.5) is 8.78 Å². The van der Waals surface area contributed by atoms with Crippen LogP contribution in [0.1, 0.15) is 28.8 Å². The fourth-order valence-corrected chi connectivity index (χ4v) is 6.20. The Balaban J connectivity index is 1.56. The van der Waals surface area contributed by atoms with Crippen molar-refractivity contribution in [3.8, 4) is 0 Å². The molecular formula is C21H21ClF2N2O4S. The van der Waals surface area contributed by atoms with Crippen LogP contribution in [-0.2, 0) is 14.8 Å². The van der Waals surface area contributed by atoms with Crippen molar-refractivity contribution in [1.82, 2.24) is 9.21 Å². The highest BCUT2D eigenvalue weighted by atomic mass is 35.5. The van der Waals surface area contributed by atoms with E-state index < -0.39 is 33.3 Å². The molecule has 2 aromatic rings. The molecule has 166 valence electrons. The van der Waals surface area contributed by atoms with Gasteiger partial charge < -0.3 is 9.64 Å². The first kappa shape index (κ1) is 22.1. The number of amides is 1. The van der Waals surface area contributed by atoms with Crippen LogP contribution in [0.2, 0.25) is 5.02 Å². The number of piperidine rings is 1. The van der Waals surface area contributed by atoms with E-state index >= 15 is 0 Å². The van der Waals surface area contributed by atoms with Gasteiger partial charge in [-0.1, -0.05) is 17.7 Å². The third-order valence-corrected chi connectivity index (χ3v) is 8.11. The molecule has 0 saturated carbocycles. The first-order valence-corrected chi connectivity index (χ1v) is 11.6. The molecule has 6 nitrogen and oxygen atoms in total. The molecule has 0 unspecified atom stereocenters. The maximum atomic E-state index is 14.1. The predicted molar refractivity (Wildman–Crippen MR) is 110 cm³/mol. The van der Waals surface area contributed by atoms with Gasteiger partial charge in [-0.2, -0.15) is 4.31 Å². The van der Waals surface area contributed by atoms with Crippen molar-refractivity contribution in [2.75, 3.05) is 26.2 Å². The number of hydrogen-bond donors (Lipinski definition) is 0. The first-order chi connectivity index (χ1) is 14.7. The van der Waals surface area contributed by atoms with Gasteiger partial charge in [-0.3, -0.25) is 4.79 Å². The van der Waals surface area contributed by atoms with Crippen LogP contribution < -0.4 is 0 Å². The van der Waals surface area contributed by atoms with E-state index in [0.717, 1.165) is 6.07 Å². The summed E-state index contributed by atoms with van der Waals surface area (Å²) in [6, 6.07) is 7.71. The molecule has 0 bridgehead atoms. The number of sulfonamides is 1. The van der Waals surface area contributed by atoms with Crippen molar-refractivity contribution in [3.63, 3.8) is 0 Å². The number of ether oxygens (including phenoxy) is 1. The molecule has 31 heavy (non-hydrogen) atoms. The van der Waals surface area contributed by atoms with Gasteiger partial charge in [0.1, 0.15) is 17.4 Å². The summed E-state index contributed by atoms with van der Waals surface area (Å²) in [6.45, 7) is 2.23. The maximum absolute atomic E-state index is 14.1. The highest BCUT2D eigenvalue weighted by Crippen LogP contribution is 2.39. The van der Waals surface area contributed by atoms with E-state index in [1.807, 2.05) is 0 Å². The number of carbonyl (C=O) groups excluding carboxylic acids is 1. The van der Waals surface area contributed by atoms with E-state index in [9.17, 15) is 22.0 Å². The molecule has 0 aliphatic carbocycles. The number of aryl methyl sites for hydroxylation is 1. The fourth-order valence-electron chi connectivity index (χ4n) is 4.15. The lowest BCUT2D eigenvalue weighted by molar-refractivity contribution is -0.0857. The van der Waals surface area contributed by atoms with Gasteiger partial charge in [-0.05, 0) is 42.8 Å². The zero-order valence-electron chi connectivity index (χ0n) is 16.8. The summed E-state index contributed by atoms with van der Waals surface area (Å²) in [5.41, 5.74) is -1.06. The fraction of sp³-hybridized carbons (Fsp3) is 0.381. The molecule has 1 amide bonds. The van der Waals surface area contributed by atoms with Crippen LogP contribution in [0, 0.1) is 18.6 Å². The molecule has 2 aliphatic rings. The van der Waals surface area contributed by atoms with Gasteiger partial charge in [0.05, 0.1) is 22.1 Å².